The van der Waals surface area contributed by atoms with E-state index in [1.54, 1.807) is 20.8 Å². The number of hydrogen-bond acceptors (Lipinski definition) is 9. The summed E-state index contributed by atoms with van der Waals surface area (Å²) in [5.74, 6) is -2.34. The molecule has 1 atom stereocenters. The van der Waals surface area contributed by atoms with Crippen molar-refractivity contribution >= 4 is 40.3 Å². The van der Waals surface area contributed by atoms with E-state index in [1.165, 1.54) is 6.92 Å². The van der Waals surface area contributed by atoms with E-state index in [2.05, 4.69) is 9.47 Å². The Bertz CT molecular complexity index is 437. The molecule has 0 saturated carbocycles. The maximum absolute atomic E-state index is 10.9. The fourth-order valence-corrected chi connectivity index (χ4v) is 0.896. The first kappa shape index (κ1) is 28.0. The Kier molecular flexibility index (Phi) is 20.7. The summed E-state index contributed by atoms with van der Waals surface area (Å²) in [4.78, 5) is 51.1. The highest BCUT2D eigenvalue weighted by Gasteiger charge is 2.14. The summed E-state index contributed by atoms with van der Waals surface area (Å²) in [7, 11) is 0. The molecule has 0 saturated heterocycles. The van der Waals surface area contributed by atoms with Crippen molar-refractivity contribution in [1.82, 2.24) is 0 Å². The molecule has 3 N–H and O–H groups in total. The number of ketones is 2. The van der Waals surface area contributed by atoms with Crippen LogP contribution in [-0.4, -0.2) is 59.7 Å². The monoisotopic (exact) mass is 383 g/mol. The van der Waals surface area contributed by atoms with Gasteiger partial charge in [-0.1, -0.05) is 0 Å². The van der Waals surface area contributed by atoms with Crippen molar-refractivity contribution in [2.24, 2.45) is 5.73 Å². The molecular weight excluding hydrogens is 358 g/mol. The number of carbonyl (C=O) groups excluding carboxylic acids is 5. The predicted molar refractivity (Wildman–Crippen MR) is 89.8 cm³/mol. The van der Waals surface area contributed by atoms with Crippen LogP contribution in [0, 0.1) is 0 Å². The van der Waals surface area contributed by atoms with Crippen LogP contribution in [0.15, 0.2) is 0 Å². The molecule has 0 rings (SSSR count). The van der Waals surface area contributed by atoms with E-state index in [0.29, 0.717) is 6.42 Å². The molecule has 25 heavy (non-hydrogen) atoms. The van der Waals surface area contributed by atoms with Crippen LogP contribution in [0.5, 0.6) is 0 Å². The Hall–Kier alpha value is -1.84. The first-order chi connectivity index (χ1) is 11.5. The van der Waals surface area contributed by atoms with Crippen LogP contribution < -0.4 is 5.73 Å². The van der Waals surface area contributed by atoms with Gasteiger partial charge in [0.15, 0.2) is 0 Å². The lowest BCUT2D eigenvalue weighted by atomic mass is 10.1. The van der Waals surface area contributed by atoms with Gasteiger partial charge in [-0.3, -0.25) is 14.4 Å². The third-order valence-electron chi connectivity index (χ3n) is 2.02. The number of esters is 2. The van der Waals surface area contributed by atoms with Crippen molar-refractivity contribution in [1.29, 1.82) is 0 Å². The van der Waals surface area contributed by atoms with E-state index >= 15 is 0 Å². The van der Waals surface area contributed by atoms with E-state index in [0.717, 1.165) is 0 Å². The normalized spacial score (nSPS) is 10.0. The molecule has 0 aliphatic heterocycles. The van der Waals surface area contributed by atoms with Gasteiger partial charge in [0.2, 0.25) is 5.78 Å². The molecular formula is C15H26ClNO8. The predicted octanol–water partition coefficient (Wildman–Crippen LogP) is 0.129. The van der Waals surface area contributed by atoms with E-state index in [-0.39, 0.29) is 32.0 Å². The highest BCUT2D eigenvalue weighted by molar-refractivity contribution is 6.80. The second kappa shape index (κ2) is 18.5. The number of hydrogen-bond donors (Lipinski definition) is 2. The van der Waals surface area contributed by atoms with Gasteiger partial charge in [0.1, 0.15) is 5.78 Å². The van der Waals surface area contributed by atoms with Gasteiger partial charge in [-0.25, -0.2) is 9.59 Å². The SMILES string of the molecule is CC(=O)CN.CCOC(=O)C(=O)CCC(C)O.CCOC(=O)C(=O)Cl. The minimum Gasteiger partial charge on any atom is -0.460 e. The molecule has 0 amide bonds. The summed E-state index contributed by atoms with van der Waals surface area (Å²) in [6.45, 7) is 6.81. The minimum atomic E-state index is -1.08. The molecule has 9 nitrogen and oxygen atoms in total. The number of Topliss-reactive ketones (excluding diaryl/α,β-unsaturated/α-hetero) is 2. The molecule has 0 heterocycles. The Morgan fingerprint density at radius 2 is 1.44 bits per heavy atom. The van der Waals surface area contributed by atoms with Crippen LogP contribution in [0.3, 0.4) is 0 Å². The highest BCUT2D eigenvalue weighted by Crippen LogP contribution is 1.98. The van der Waals surface area contributed by atoms with E-state index in [9.17, 15) is 24.0 Å². The topological polar surface area (TPSA) is 150 Å². The molecule has 0 fully saturated rings. The van der Waals surface area contributed by atoms with Crippen LogP contribution in [0.1, 0.15) is 40.5 Å². The zero-order chi connectivity index (χ0) is 20.4. The number of carbonyl (C=O) groups is 5. The van der Waals surface area contributed by atoms with Gasteiger partial charge in [-0.05, 0) is 45.7 Å². The molecule has 0 aliphatic carbocycles. The van der Waals surface area contributed by atoms with Crippen molar-refractivity contribution in [3.05, 3.63) is 0 Å². The fraction of sp³-hybridized carbons (Fsp3) is 0.667. The number of aliphatic hydroxyl groups excluding tert-OH is 1. The third-order valence-corrected chi connectivity index (χ3v) is 2.17. The summed E-state index contributed by atoms with van der Waals surface area (Å²) in [5.41, 5.74) is 4.82. The van der Waals surface area contributed by atoms with E-state index in [4.69, 9.17) is 22.4 Å². The number of rotatable bonds is 8. The van der Waals surface area contributed by atoms with Crippen molar-refractivity contribution in [3.63, 3.8) is 0 Å². The van der Waals surface area contributed by atoms with Gasteiger partial charge in [0.05, 0.1) is 25.9 Å². The lowest BCUT2D eigenvalue weighted by Gasteiger charge is -2.02. The standard InChI is InChI=1S/C8H14O4.C4H5ClO3.C3H7NO/c1-3-12-8(11)7(10)5-4-6(2)9;1-2-8-4(7)3(5)6;1-3(5)2-4/h6,9H,3-5H2,1-2H3;2H2,1H3;2,4H2,1H3. The van der Waals surface area contributed by atoms with Gasteiger partial charge in [-0.15, -0.1) is 0 Å². The molecule has 0 bridgehead atoms. The number of nitrogens with two attached hydrogens (primary N) is 1. The lowest BCUT2D eigenvalue weighted by Crippen LogP contribution is -2.18. The maximum Gasteiger partial charge on any atom is 0.391 e. The number of ether oxygens (including phenoxy) is 2. The number of aliphatic hydroxyl groups is 1. The van der Waals surface area contributed by atoms with Gasteiger partial charge in [0, 0.05) is 6.42 Å². The Labute approximate surface area is 151 Å². The van der Waals surface area contributed by atoms with Crippen LogP contribution in [0.4, 0.5) is 0 Å². The highest BCUT2D eigenvalue weighted by atomic mass is 35.5. The lowest BCUT2D eigenvalue weighted by molar-refractivity contribution is -0.153. The van der Waals surface area contributed by atoms with Crippen molar-refractivity contribution in [3.8, 4) is 0 Å². The van der Waals surface area contributed by atoms with Gasteiger partial charge < -0.3 is 20.3 Å². The smallest absolute Gasteiger partial charge is 0.391 e. The second-order valence-electron chi connectivity index (χ2n) is 4.43. The van der Waals surface area contributed by atoms with Crippen LogP contribution in [0.25, 0.3) is 0 Å². The Morgan fingerprint density at radius 3 is 1.68 bits per heavy atom. The molecule has 0 aromatic carbocycles. The average Bonchev–Trinajstić information content (AvgIpc) is 2.54. The van der Waals surface area contributed by atoms with Gasteiger partial charge in [0.25, 0.3) is 0 Å². The van der Waals surface area contributed by atoms with E-state index < -0.39 is 29.1 Å². The summed E-state index contributed by atoms with van der Waals surface area (Å²) < 4.78 is 8.65. The molecule has 0 radical (unpaired) electrons. The zero-order valence-corrected chi connectivity index (χ0v) is 15.6. The molecule has 1 unspecified atom stereocenters. The molecule has 0 aliphatic rings. The van der Waals surface area contributed by atoms with Crippen LogP contribution >= 0.6 is 11.6 Å². The molecule has 10 heteroatoms. The van der Waals surface area contributed by atoms with Gasteiger partial charge >= 0.3 is 17.2 Å². The Morgan fingerprint density at radius 1 is 1.04 bits per heavy atom. The molecule has 0 aromatic rings. The quantitative estimate of drug-likeness (QED) is 0.338. The fourth-order valence-electron chi connectivity index (χ4n) is 0.841. The van der Waals surface area contributed by atoms with Crippen molar-refractivity contribution < 1.29 is 38.6 Å². The Balaban J connectivity index is -0.000000321. The second-order valence-corrected chi connectivity index (χ2v) is 4.77. The summed E-state index contributed by atoms with van der Waals surface area (Å²) in [6, 6.07) is 0. The number of halogens is 1. The zero-order valence-electron chi connectivity index (χ0n) is 14.9. The summed E-state index contributed by atoms with van der Waals surface area (Å²) in [5, 5.41) is 7.73. The van der Waals surface area contributed by atoms with Crippen molar-refractivity contribution in [2.45, 2.75) is 46.6 Å². The van der Waals surface area contributed by atoms with Crippen LogP contribution in [-0.2, 0) is 33.4 Å². The maximum atomic E-state index is 10.9. The van der Waals surface area contributed by atoms with Gasteiger partial charge in [-0.2, -0.15) is 0 Å². The van der Waals surface area contributed by atoms with Crippen molar-refractivity contribution in [2.75, 3.05) is 19.8 Å². The first-order valence-corrected chi connectivity index (χ1v) is 7.85. The van der Waals surface area contributed by atoms with Crippen LogP contribution in [0.2, 0.25) is 0 Å². The summed E-state index contributed by atoms with van der Waals surface area (Å²) in [6.07, 6.45) is -0.197. The largest absolute Gasteiger partial charge is 0.460 e. The summed E-state index contributed by atoms with van der Waals surface area (Å²) >= 11 is 4.69. The average molecular weight is 384 g/mol. The van der Waals surface area contributed by atoms with E-state index in [1.807, 2.05) is 0 Å². The molecule has 0 spiro atoms. The molecule has 146 valence electrons. The third kappa shape index (κ3) is 24.5. The molecule has 0 aromatic heterocycles. The first-order valence-electron chi connectivity index (χ1n) is 7.47. The minimum absolute atomic E-state index is 0.0324.